The molecule has 27 heavy (non-hydrogen) atoms. The summed E-state index contributed by atoms with van der Waals surface area (Å²) in [5, 5.41) is 2.85. The van der Waals surface area contributed by atoms with Gasteiger partial charge in [-0.25, -0.2) is 4.79 Å². The number of carbonyl (C=O) groups is 2. The summed E-state index contributed by atoms with van der Waals surface area (Å²) >= 11 is 0. The number of hydrogen-bond donors (Lipinski definition) is 1. The van der Waals surface area contributed by atoms with Crippen molar-refractivity contribution in [2.45, 2.75) is 40.5 Å². The minimum absolute atomic E-state index is 0.237. The highest BCUT2D eigenvalue weighted by atomic mass is 16.6. The van der Waals surface area contributed by atoms with Crippen LogP contribution in [0.15, 0.2) is 36.4 Å². The van der Waals surface area contributed by atoms with Crippen molar-refractivity contribution in [3.8, 4) is 5.75 Å². The molecule has 2 aromatic rings. The first kappa shape index (κ1) is 20.5. The van der Waals surface area contributed by atoms with Gasteiger partial charge in [0.05, 0.1) is 0 Å². The van der Waals surface area contributed by atoms with Crippen LogP contribution in [0.25, 0.3) is 0 Å². The zero-order valence-electron chi connectivity index (χ0n) is 16.6. The van der Waals surface area contributed by atoms with Crippen molar-refractivity contribution in [2.75, 3.05) is 18.5 Å². The molecule has 1 N–H and O–H groups in total. The number of carbonyl (C=O) groups excluding carboxylic acids is 2. The van der Waals surface area contributed by atoms with E-state index in [1.54, 1.807) is 0 Å². The van der Waals surface area contributed by atoms with Gasteiger partial charge in [0.15, 0.2) is 13.2 Å². The Balaban J connectivity index is 1.87. The third kappa shape index (κ3) is 5.84. The number of aryl methyl sites for hydroxylation is 3. The summed E-state index contributed by atoms with van der Waals surface area (Å²) < 4.78 is 10.5. The van der Waals surface area contributed by atoms with Crippen LogP contribution in [0.5, 0.6) is 5.75 Å². The number of anilines is 1. The molecule has 5 nitrogen and oxygen atoms in total. The van der Waals surface area contributed by atoms with E-state index in [1.165, 1.54) is 0 Å². The largest absolute Gasteiger partial charge is 0.482 e. The van der Waals surface area contributed by atoms with Gasteiger partial charge in [-0.1, -0.05) is 44.2 Å². The Bertz CT molecular complexity index is 827. The molecule has 0 spiro atoms. The third-order valence-corrected chi connectivity index (χ3v) is 4.24. The maximum Gasteiger partial charge on any atom is 0.344 e. The normalized spacial score (nSPS) is 10.6. The number of ether oxygens (including phenoxy) is 2. The highest BCUT2D eigenvalue weighted by molar-refractivity contribution is 5.94. The van der Waals surface area contributed by atoms with Gasteiger partial charge in [0.2, 0.25) is 0 Å². The molecule has 0 radical (unpaired) electrons. The van der Waals surface area contributed by atoms with Gasteiger partial charge in [0.25, 0.3) is 5.91 Å². The summed E-state index contributed by atoms with van der Waals surface area (Å²) in [5.41, 5.74) is 4.78. The van der Waals surface area contributed by atoms with E-state index in [0.717, 1.165) is 27.9 Å². The van der Waals surface area contributed by atoms with Crippen molar-refractivity contribution in [3.63, 3.8) is 0 Å². The molecule has 0 bridgehead atoms. The van der Waals surface area contributed by atoms with Gasteiger partial charge in [0.1, 0.15) is 5.75 Å². The molecule has 1 amide bonds. The molecule has 0 aromatic heterocycles. The van der Waals surface area contributed by atoms with E-state index in [4.69, 9.17) is 9.47 Å². The molecule has 0 aliphatic heterocycles. The first-order chi connectivity index (χ1) is 12.8. The summed E-state index contributed by atoms with van der Waals surface area (Å²) in [4.78, 5) is 24.1. The molecule has 0 atom stereocenters. The number of rotatable bonds is 7. The predicted molar refractivity (Wildman–Crippen MR) is 106 cm³/mol. The maximum atomic E-state index is 12.2. The van der Waals surface area contributed by atoms with E-state index < -0.39 is 5.97 Å². The quantitative estimate of drug-likeness (QED) is 0.739. The Hall–Kier alpha value is -2.82. The van der Waals surface area contributed by atoms with E-state index in [1.807, 2.05) is 57.2 Å². The molecule has 0 saturated heterocycles. The molecule has 0 heterocycles. The van der Waals surface area contributed by atoms with E-state index in [9.17, 15) is 9.59 Å². The molecular formula is C22H27NO4. The van der Waals surface area contributed by atoms with Crippen molar-refractivity contribution in [3.05, 3.63) is 58.7 Å². The first-order valence-electron chi connectivity index (χ1n) is 9.03. The van der Waals surface area contributed by atoms with Crippen LogP contribution in [-0.4, -0.2) is 25.1 Å². The maximum absolute atomic E-state index is 12.2. The van der Waals surface area contributed by atoms with Gasteiger partial charge >= 0.3 is 5.97 Å². The van der Waals surface area contributed by atoms with Crippen LogP contribution in [0, 0.1) is 20.8 Å². The number of amides is 1. The summed E-state index contributed by atoms with van der Waals surface area (Å²) in [5.74, 6) is -0.0437. The fraction of sp³-hybridized carbons (Fsp3) is 0.364. The second kappa shape index (κ2) is 9.21. The highest BCUT2D eigenvalue weighted by Gasteiger charge is 2.14. The predicted octanol–water partition coefficient (Wildman–Crippen LogP) is 4.30. The second-order valence-corrected chi connectivity index (χ2v) is 6.96. The van der Waals surface area contributed by atoms with Crippen LogP contribution in [-0.2, 0) is 14.3 Å². The molecule has 0 saturated carbocycles. The Morgan fingerprint density at radius 1 is 1.00 bits per heavy atom. The summed E-state index contributed by atoms with van der Waals surface area (Å²) in [7, 11) is 0. The van der Waals surface area contributed by atoms with E-state index in [2.05, 4.69) is 19.2 Å². The van der Waals surface area contributed by atoms with Crippen molar-refractivity contribution in [1.29, 1.82) is 0 Å². The van der Waals surface area contributed by atoms with Gasteiger partial charge in [-0.05, 0) is 55.0 Å². The van der Waals surface area contributed by atoms with Gasteiger partial charge in [-0.2, -0.15) is 0 Å². The smallest absolute Gasteiger partial charge is 0.344 e. The molecule has 0 fully saturated rings. The minimum atomic E-state index is -0.583. The number of nitrogens with one attached hydrogen (secondary N) is 1. The van der Waals surface area contributed by atoms with E-state index in [-0.39, 0.29) is 25.0 Å². The standard InChI is InChI=1S/C22H27NO4/c1-14(2)18-8-6-7-17(5)22(18)23-20(24)12-27-21(25)13-26-19-11-15(3)9-10-16(19)4/h6-11,14H,12-13H2,1-5H3,(H,23,24). The summed E-state index contributed by atoms with van der Waals surface area (Å²) in [6.45, 7) is 9.34. The van der Waals surface area contributed by atoms with Gasteiger partial charge < -0.3 is 14.8 Å². The SMILES string of the molecule is Cc1ccc(C)c(OCC(=O)OCC(=O)Nc2c(C)cccc2C(C)C)c1. The van der Waals surface area contributed by atoms with Gasteiger partial charge in [-0.15, -0.1) is 0 Å². The average molecular weight is 369 g/mol. The van der Waals surface area contributed by atoms with Crippen LogP contribution >= 0.6 is 0 Å². The van der Waals surface area contributed by atoms with Gasteiger partial charge in [-0.3, -0.25) is 4.79 Å². The Morgan fingerprint density at radius 2 is 1.74 bits per heavy atom. The third-order valence-electron chi connectivity index (χ3n) is 4.24. The van der Waals surface area contributed by atoms with Crippen LogP contribution in [0.4, 0.5) is 5.69 Å². The monoisotopic (exact) mass is 369 g/mol. The number of esters is 1. The number of hydrogen-bond acceptors (Lipinski definition) is 4. The van der Waals surface area contributed by atoms with Crippen LogP contribution in [0.1, 0.15) is 42.0 Å². The Kier molecular flexibility index (Phi) is 6.99. The van der Waals surface area contributed by atoms with E-state index >= 15 is 0 Å². The lowest BCUT2D eigenvalue weighted by Gasteiger charge is -2.16. The highest BCUT2D eigenvalue weighted by Crippen LogP contribution is 2.27. The lowest BCUT2D eigenvalue weighted by Crippen LogP contribution is -2.24. The molecule has 0 unspecified atom stereocenters. The molecular weight excluding hydrogens is 342 g/mol. The Labute approximate surface area is 160 Å². The molecule has 144 valence electrons. The first-order valence-corrected chi connectivity index (χ1v) is 9.03. The number of benzene rings is 2. The second-order valence-electron chi connectivity index (χ2n) is 6.96. The Morgan fingerprint density at radius 3 is 2.44 bits per heavy atom. The zero-order valence-corrected chi connectivity index (χ0v) is 16.6. The van der Waals surface area contributed by atoms with Gasteiger partial charge in [0, 0.05) is 5.69 Å². The molecule has 0 aliphatic carbocycles. The lowest BCUT2D eigenvalue weighted by molar-refractivity contribution is -0.149. The van der Waals surface area contributed by atoms with Crippen molar-refractivity contribution in [1.82, 2.24) is 0 Å². The van der Waals surface area contributed by atoms with Crippen molar-refractivity contribution in [2.24, 2.45) is 0 Å². The number of para-hydroxylation sites is 1. The van der Waals surface area contributed by atoms with E-state index in [0.29, 0.717) is 5.75 Å². The summed E-state index contributed by atoms with van der Waals surface area (Å²) in [6.07, 6.45) is 0. The van der Waals surface area contributed by atoms with Crippen LogP contribution < -0.4 is 10.1 Å². The van der Waals surface area contributed by atoms with Crippen molar-refractivity contribution < 1.29 is 19.1 Å². The zero-order chi connectivity index (χ0) is 20.0. The molecule has 2 aromatic carbocycles. The minimum Gasteiger partial charge on any atom is -0.482 e. The van der Waals surface area contributed by atoms with Crippen LogP contribution in [0.2, 0.25) is 0 Å². The average Bonchev–Trinajstić information content (AvgIpc) is 2.62. The van der Waals surface area contributed by atoms with Crippen molar-refractivity contribution >= 4 is 17.6 Å². The fourth-order valence-corrected chi connectivity index (χ4v) is 2.71. The molecule has 0 aliphatic rings. The lowest BCUT2D eigenvalue weighted by atomic mass is 9.98. The molecule has 5 heteroatoms. The van der Waals surface area contributed by atoms with Crippen LogP contribution in [0.3, 0.4) is 0 Å². The fourth-order valence-electron chi connectivity index (χ4n) is 2.71. The topological polar surface area (TPSA) is 64.6 Å². The summed E-state index contributed by atoms with van der Waals surface area (Å²) in [6, 6.07) is 11.6. The molecule has 2 rings (SSSR count).